The number of para-hydroxylation sites is 1. The van der Waals surface area contributed by atoms with Gasteiger partial charge in [0.1, 0.15) is 0 Å². The average Bonchev–Trinajstić information content (AvgIpc) is 2.57. The normalized spacial score (nSPS) is 10.0. The number of fused-ring (bicyclic) bond motifs is 1. The molecule has 6 heteroatoms. The first-order chi connectivity index (χ1) is 6.75. The van der Waals surface area contributed by atoms with Gasteiger partial charge in [-0.25, -0.2) is 15.2 Å². The molecular weight excluding hydrogens is 200 g/mol. The summed E-state index contributed by atoms with van der Waals surface area (Å²) < 4.78 is 1.06. The molecule has 1 heterocycles. The van der Waals surface area contributed by atoms with Crippen LogP contribution < -0.4 is 16.6 Å². The third-order valence-electron chi connectivity index (χ3n) is 1.59. The third kappa shape index (κ3) is 1.74. The van der Waals surface area contributed by atoms with Crippen LogP contribution in [0.5, 0.6) is 0 Å². The third-order valence-corrected chi connectivity index (χ3v) is 2.54. The van der Waals surface area contributed by atoms with Gasteiger partial charge in [0.05, 0.1) is 10.2 Å². The number of anilines is 1. The number of carbonyl (C=O) groups excluding carboxylic acids is 1. The van der Waals surface area contributed by atoms with Crippen molar-refractivity contribution in [3.63, 3.8) is 0 Å². The fourth-order valence-electron chi connectivity index (χ4n) is 1.04. The Bertz CT molecular complexity index is 434. The molecule has 2 rings (SSSR count). The van der Waals surface area contributed by atoms with Crippen molar-refractivity contribution in [2.45, 2.75) is 0 Å². The van der Waals surface area contributed by atoms with Crippen molar-refractivity contribution in [2.75, 3.05) is 5.43 Å². The van der Waals surface area contributed by atoms with E-state index in [2.05, 4.69) is 15.8 Å². The van der Waals surface area contributed by atoms with Crippen LogP contribution >= 0.6 is 11.3 Å². The van der Waals surface area contributed by atoms with E-state index in [9.17, 15) is 4.79 Å². The smallest absolute Gasteiger partial charge is 0.330 e. The lowest BCUT2D eigenvalue weighted by molar-refractivity contribution is 0.250. The second-order valence-electron chi connectivity index (χ2n) is 2.60. The van der Waals surface area contributed by atoms with Gasteiger partial charge in [0, 0.05) is 0 Å². The van der Waals surface area contributed by atoms with Crippen LogP contribution in [0.1, 0.15) is 0 Å². The number of nitrogens with zero attached hydrogens (tertiary/aromatic N) is 1. The summed E-state index contributed by atoms with van der Waals surface area (Å²) >= 11 is 1.45. The number of rotatable bonds is 2. The number of nitrogens with one attached hydrogen (secondary N) is 2. The number of benzene rings is 1. The monoisotopic (exact) mass is 208 g/mol. The molecule has 0 aliphatic carbocycles. The van der Waals surface area contributed by atoms with Gasteiger partial charge in [0.25, 0.3) is 0 Å². The Kier molecular flexibility index (Phi) is 2.19. The molecule has 0 unspecified atom stereocenters. The Morgan fingerprint density at radius 1 is 1.43 bits per heavy atom. The first-order valence-electron chi connectivity index (χ1n) is 3.93. The molecule has 1 aromatic heterocycles. The summed E-state index contributed by atoms with van der Waals surface area (Å²) in [7, 11) is 0. The van der Waals surface area contributed by atoms with Crippen LogP contribution in [0.2, 0.25) is 0 Å². The van der Waals surface area contributed by atoms with Crippen molar-refractivity contribution in [1.29, 1.82) is 0 Å². The van der Waals surface area contributed by atoms with Crippen LogP contribution in [-0.4, -0.2) is 11.0 Å². The zero-order valence-corrected chi connectivity index (χ0v) is 7.97. The zero-order valence-electron chi connectivity index (χ0n) is 7.15. The predicted molar refractivity (Wildman–Crippen MR) is 56.0 cm³/mol. The van der Waals surface area contributed by atoms with Crippen LogP contribution in [0.25, 0.3) is 10.2 Å². The zero-order chi connectivity index (χ0) is 9.97. The lowest BCUT2D eigenvalue weighted by atomic mass is 10.3. The van der Waals surface area contributed by atoms with Gasteiger partial charge in [-0.2, -0.15) is 0 Å². The number of amides is 2. The maximum absolute atomic E-state index is 10.4. The van der Waals surface area contributed by atoms with E-state index in [4.69, 9.17) is 5.73 Å². The number of hydrogen-bond acceptors (Lipinski definition) is 4. The van der Waals surface area contributed by atoms with Gasteiger partial charge >= 0.3 is 6.03 Å². The minimum Gasteiger partial charge on any atom is -0.350 e. The molecule has 0 aliphatic rings. The van der Waals surface area contributed by atoms with Gasteiger partial charge in [-0.1, -0.05) is 23.5 Å². The number of primary amides is 1. The van der Waals surface area contributed by atoms with E-state index in [1.54, 1.807) is 0 Å². The van der Waals surface area contributed by atoms with E-state index < -0.39 is 6.03 Å². The molecule has 72 valence electrons. The lowest BCUT2D eigenvalue weighted by Gasteiger charge is -1.99. The van der Waals surface area contributed by atoms with E-state index in [0.717, 1.165) is 10.2 Å². The van der Waals surface area contributed by atoms with E-state index >= 15 is 0 Å². The van der Waals surface area contributed by atoms with Crippen molar-refractivity contribution >= 4 is 32.7 Å². The first-order valence-corrected chi connectivity index (χ1v) is 4.74. The van der Waals surface area contributed by atoms with E-state index in [1.165, 1.54) is 11.3 Å². The molecule has 2 amide bonds. The maximum Gasteiger partial charge on any atom is 0.330 e. The second kappa shape index (κ2) is 3.51. The van der Waals surface area contributed by atoms with E-state index in [-0.39, 0.29) is 0 Å². The fourth-order valence-corrected chi connectivity index (χ4v) is 1.86. The predicted octanol–water partition coefficient (Wildman–Crippen LogP) is 1.29. The summed E-state index contributed by atoms with van der Waals surface area (Å²) in [6, 6.07) is 7.08. The fraction of sp³-hybridized carbons (Fsp3) is 0. The van der Waals surface area contributed by atoms with Crippen LogP contribution in [0.15, 0.2) is 24.3 Å². The minimum atomic E-state index is -0.635. The molecule has 14 heavy (non-hydrogen) atoms. The Hall–Kier alpha value is -1.82. The number of hydrazine groups is 1. The Morgan fingerprint density at radius 2 is 2.21 bits per heavy atom. The molecule has 0 radical (unpaired) electrons. The summed E-state index contributed by atoms with van der Waals surface area (Å²) in [5.41, 5.74) is 10.7. The number of nitrogens with two attached hydrogens (primary N) is 1. The summed E-state index contributed by atoms with van der Waals surface area (Å²) in [5, 5.41) is 0.616. The molecule has 2 aromatic rings. The minimum absolute atomic E-state index is 0.616. The molecule has 1 aromatic carbocycles. The molecule has 0 saturated heterocycles. The highest BCUT2D eigenvalue weighted by Gasteiger charge is 2.01. The van der Waals surface area contributed by atoms with Gasteiger partial charge in [-0.05, 0) is 12.1 Å². The molecule has 0 saturated carbocycles. The number of hydrogen-bond donors (Lipinski definition) is 3. The number of urea groups is 1. The largest absolute Gasteiger partial charge is 0.350 e. The molecule has 0 spiro atoms. The van der Waals surface area contributed by atoms with Crippen LogP contribution in [0.4, 0.5) is 9.93 Å². The molecule has 4 N–H and O–H groups in total. The second-order valence-corrected chi connectivity index (χ2v) is 3.63. The molecule has 0 fully saturated rings. The van der Waals surface area contributed by atoms with Crippen molar-refractivity contribution < 1.29 is 4.79 Å². The van der Waals surface area contributed by atoms with Crippen molar-refractivity contribution in [3.05, 3.63) is 24.3 Å². The Labute approximate surface area is 83.9 Å². The van der Waals surface area contributed by atoms with Gasteiger partial charge in [-0.15, -0.1) is 0 Å². The van der Waals surface area contributed by atoms with Crippen LogP contribution in [0.3, 0.4) is 0 Å². The van der Waals surface area contributed by atoms with E-state index in [0.29, 0.717) is 5.13 Å². The van der Waals surface area contributed by atoms with Gasteiger partial charge in [0.15, 0.2) is 0 Å². The van der Waals surface area contributed by atoms with Crippen LogP contribution in [-0.2, 0) is 0 Å². The maximum atomic E-state index is 10.4. The first kappa shape index (κ1) is 8.76. The Morgan fingerprint density at radius 3 is 2.93 bits per heavy atom. The van der Waals surface area contributed by atoms with Gasteiger partial charge < -0.3 is 5.73 Å². The highest BCUT2D eigenvalue weighted by atomic mass is 32.1. The van der Waals surface area contributed by atoms with Crippen LogP contribution in [0, 0.1) is 0 Å². The topological polar surface area (TPSA) is 80.0 Å². The molecule has 0 aliphatic heterocycles. The summed E-state index contributed by atoms with van der Waals surface area (Å²) in [6.07, 6.45) is 0. The summed E-state index contributed by atoms with van der Waals surface area (Å²) in [4.78, 5) is 14.6. The highest BCUT2D eigenvalue weighted by Crippen LogP contribution is 2.24. The quantitative estimate of drug-likeness (QED) is 0.650. The SMILES string of the molecule is NC(=O)NNc1nc2ccccc2s1. The summed E-state index contributed by atoms with van der Waals surface area (Å²) in [5.74, 6) is 0. The molecule has 5 nitrogen and oxygen atoms in total. The lowest BCUT2D eigenvalue weighted by Crippen LogP contribution is -2.34. The van der Waals surface area contributed by atoms with Crippen molar-refractivity contribution in [3.8, 4) is 0 Å². The summed E-state index contributed by atoms with van der Waals surface area (Å²) in [6.45, 7) is 0. The number of thiazole rings is 1. The molecule has 0 atom stereocenters. The van der Waals surface area contributed by atoms with Gasteiger partial charge in [0.2, 0.25) is 5.13 Å². The van der Waals surface area contributed by atoms with E-state index in [1.807, 2.05) is 24.3 Å². The standard InChI is InChI=1S/C8H8N4OS/c9-7(13)11-12-8-10-5-3-1-2-4-6(5)14-8/h1-4H,(H,10,12)(H3,9,11,13). The number of carbonyl (C=O) groups is 1. The molecule has 0 bridgehead atoms. The van der Waals surface area contributed by atoms with Crippen molar-refractivity contribution in [1.82, 2.24) is 10.4 Å². The Balaban J connectivity index is 2.22. The van der Waals surface area contributed by atoms with Crippen molar-refractivity contribution in [2.24, 2.45) is 5.73 Å². The van der Waals surface area contributed by atoms with Gasteiger partial charge in [-0.3, -0.25) is 5.43 Å². The average molecular weight is 208 g/mol. The number of aromatic nitrogens is 1. The highest BCUT2D eigenvalue weighted by molar-refractivity contribution is 7.22. The molecular formula is C8H8N4OS.